The lowest BCUT2D eigenvalue weighted by atomic mass is 10.1. The molecule has 4 nitrogen and oxygen atoms in total. The molecule has 1 heterocycles. The van der Waals surface area contributed by atoms with Crippen molar-refractivity contribution in [2.24, 2.45) is 0 Å². The molecule has 1 aromatic carbocycles. The minimum Gasteiger partial charge on any atom is -0.480 e. The number of nitrogen functional groups attached to an aromatic ring is 1. The summed E-state index contributed by atoms with van der Waals surface area (Å²) in [5.74, 6) is -0.782. The Labute approximate surface area is 88.3 Å². The van der Waals surface area contributed by atoms with E-state index in [1.807, 2.05) is 23.1 Å². The van der Waals surface area contributed by atoms with E-state index in [0.717, 1.165) is 11.3 Å². The molecule has 0 aliphatic carbocycles. The van der Waals surface area contributed by atoms with Gasteiger partial charge in [0.2, 0.25) is 0 Å². The highest BCUT2D eigenvalue weighted by molar-refractivity contribution is 5.73. The molecule has 0 fully saturated rings. The summed E-state index contributed by atoms with van der Waals surface area (Å²) < 4.78 is 0. The first-order valence-corrected chi connectivity index (χ1v) is 4.92. The lowest BCUT2D eigenvalue weighted by molar-refractivity contribution is -0.142. The molecule has 0 saturated carbocycles. The van der Waals surface area contributed by atoms with Crippen LogP contribution < -0.4 is 5.73 Å². The number of fused-ring (bicyclic) bond motifs is 1. The molecule has 15 heavy (non-hydrogen) atoms. The summed E-state index contributed by atoms with van der Waals surface area (Å²) >= 11 is 0. The van der Waals surface area contributed by atoms with Gasteiger partial charge in [-0.05, 0) is 30.2 Å². The number of nitrogens with two attached hydrogens (primary N) is 1. The van der Waals surface area contributed by atoms with E-state index >= 15 is 0 Å². The third-order valence-corrected chi connectivity index (χ3v) is 2.88. The standard InChI is InChI=1S/C11H14N2O2/c1-7(11(14)15)13-5-8-2-3-10(12)4-9(8)6-13/h2-4,7H,5-6,12H2,1H3,(H,14,15). The number of hydrogen-bond acceptors (Lipinski definition) is 3. The molecule has 1 aromatic rings. The molecule has 1 aliphatic rings. The van der Waals surface area contributed by atoms with Gasteiger partial charge in [-0.3, -0.25) is 9.69 Å². The third-order valence-electron chi connectivity index (χ3n) is 2.88. The summed E-state index contributed by atoms with van der Waals surface area (Å²) in [7, 11) is 0. The van der Waals surface area contributed by atoms with E-state index in [1.54, 1.807) is 6.92 Å². The molecule has 0 amide bonds. The van der Waals surface area contributed by atoms with Gasteiger partial charge in [-0.15, -0.1) is 0 Å². The van der Waals surface area contributed by atoms with E-state index < -0.39 is 12.0 Å². The predicted octanol–water partition coefficient (Wildman–Crippen LogP) is 1.06. The van der Waals surface area contributed by atoms with Gasteiger partial charge in [0.15, 0.2) is 0 Å². The summed E-state index contributed by atoms with van der Waals surface area (Å²) in [6.45, 7) is 3.08. The predicted molar refractivity (Wildman–Crippen MR) is 57.2 cm³/mol. The Kier molecular flexibility index (Phi) is 2.36. The topological polar surface area (TPSA) is 66.6 Å². The highest BCUT2D eigenvalue weighted by Crippen LogP contribution is 2.26. The highest BCUT2D eigenvalue weighted by atomic mass is 16.4. The minimum absolute atomic E-state index is 0.446. The summed E-state index contributed by atoms with van der Waals surface area (Å²) in [5, 5.41) is 8.91. The Bertz CT molecular complexity index is 404. The number of benzene rings is 1. The van der Waals surface area contributed by atoms with Crippen LogP contribution in [0.5, 0.6) is 0 Å². The average Bonchev–Trinajstić information content (AvgIpc) is 2.58. The van der Waals surface area contributed by atoms with Crippen molar-refractivity contribution in [1.29, 1.82) is 0 Å². The normalized spacial score (nSPS) is 17.4. The first kappa shape index (κ1) is 9.98. The molecular formula is C11H14N2O2. The van der Waals surface area contributed by atoms with E-state index in [1.165, 1.54) is 5.56 Å². The van der Waals surface area contributed by atoms with Crippen molar-refractivity contribution in [3.05, 3.63) is 29.3 Å². The number of carboxylic acid groups (broad SMARTS) is 1. The fourth-order valence-electron chi connectivity index (χ4n) is 1.87. The average molecular weight is 206 g/mol. The van der Waals surface area contributed by atoms with E-state index in [-0.39, 0.29) is 0 Å². The van der Waals surface area contributed by atoms with Crippen LogP contribution in [0.15, 0.2) is 18.2 Å². The second-order valence-electron chi connectivity index (χ2n) is 3.95. The molecule has 1 aliphatic heterocycles. The van der Waals surface area contributed by atoms with E-state index in [2.05, 4.69) is 0 Å². The summed E-state index contributed by atoms with van der Waals surface area (Å²) in [6, 6.07) is 5.30. The molecule has 0 saturated heterocycles. The van der Waals surface area contributed by atoms with Gasteiger partial charge in [-0.25, -0.2) is 0 Å². The van der Waals surface area contributed by atoms with Gasteiger partial charge < -0.3 is 10.8 Å². The third kappa shape index (κ3) is 1.80. The van der Waals surface area contributed by atoms with Crippen molar-refractivity contribution >= 4 is 11.7 Å². The minimum atomic E-state index is -0.782. The molecule has 3 N–H and O–H groups in total. The van der Waals surface area contributed by atoms with E-state index in [4.69, 9.17) is 10.8 Å². The molecular weight excluding hydrogens is 192 g/mol. The Hall–Kier alpha value is -1.55. The highest BCUT2D eigenvalue weighted by Gasteiger charge is 2.26. The number of carbonyl (C=O) groups is 1. The van der Waals surface area contributed by atoms with Crippen molar-refractivity contribution in [2.75, 3.05) is 5.73 Å². The fourth-order valence-corrected chi connectivity index (χ4v) is 1.87. The molecule has 0 aromatic heterocycles. The molecule has 4 heteroatoms. The number of nitrogens with zero attached hydrogens (tertiary/aromatic N) is 1. The van der Waals surface area contributed by atoms with E-state index in [0.29, 0.717) is 13.1 Å². The van der Waals surface area contributed by atoms with Crippen LogP contribution in [-0.2, 0) is 17.9 Å². The van der Waals surface area contributed by atoms with Gasteiger partial charge in [-0.1, -0.05) is 6.07 Å². The lowest BCUT2D eigenvalue weighted by Gasteiger charge is -2.19. The molecule has 80 valence electrons. The number of aliphatic carboxylic acids is 1. The largest absolute Gasteiger partial charge is 0.480 e. The lowest BCUT2D eigenvalue weighted by Crippen LogP contribution is -2.34. The molecule has 1 atom stereocenters. The Morgan fingerprint density at radius 1 is 1.47 bits per heavy atom. The van der Waals surface area contributed by atoms with Crippen molar-refractivity contribution in [3.63, 3.8) is 0 Å². The Morgan fingerprint density at radius 2 is 2.13 bits per heavy atom. The Balaban J connectivity index is 2.19. The van der Waals surface area contributed by atoms with Gasteiger partial charge in [0.25, 0.3) is 0 Å². The quantitative estimate of drug-likeness (QED) is 0.710. The maximum Gasteiger partial charge on any atom is 0.320 e. The van der Waals surface area contributed by atoms with Gasteiger partial charge >= 0.3 is 5.97 Å². The summed E-state index contributed by atoms with van der Waals surface area (Å²) in [6.07, 6.45) is 0. The molecule has 0 radical (unpaired) electrons. The van der Waals surface area contributed by atoms with Gasteiger partial charge in [0.05, 0.1) is 0 Å². The molecule has 1 unspecified atom stereocenters. The molecule has 0 spiro atoms. The van der Waals surface area contributed by atoms with Crippen LogP contribution in [0.4, 0.5) is 5.69 Å². The molecule has 2 rings (SSSR count). The second kappa shape index (κ2) is 3.55. The van der Waals surface area contributed by atoms with Crippen molar-refractivity contribution in [3.8, 4) is 0 Å². The zero-order valence-corrected chi connectivity index (χ0v) is 8.60. The van der Waals surface area contributed by atoms with Gasteiger partial charge in [0, 0.05) is 18.8 Å². The molecule has 0 bridgehead atoms. The smallest absolute Gasteiger partial charge is 0.320 e. The monoisotopic (exact) mass is 206 g/mol. The van der Waals surface area contributed by atoms with Crippen LogP contribution in [0.3, 0.4) is 0 Å². The van der Waals surface area contributed by atoms with Crippen LogP contribution in [0.1, 0.15) is 18.1 Å². The van der Waals surface area contributed by atoms with Crippen molar-refractivity contribution < 1.29 is 9.90 Å². The van der Waals surface area contributed by atoms with Gasteiger partial charge in [0.1, 0.15) is 6.04 Å². The fraction of sp³-hybridized carbons (Fsp3) is 0.364. The summed E-state index contributed by atoms with van der Waals surface area (Å²) in [4.78, 5) is 12.8. The Morgan fingerprint density at radius 3 is 2.80 bits per heavy atom. The van der Waals surface area contributed by atoms with Crippen molar-refractivity contribution in [2.45, 2.75) is 26.1 Å². The number of rotatable bonds is 2. The number of anilines is 1. The number of carboxylic acids is 1. The van der Waals surface area contributed by atoms with Crippen LogP contribution in [0, 0.1) is 0 Å². The van der Waals surface area contributed by atoms with E-state index in [9.17, 15) is 4.79 Å². The maximum atomic E-state index is 10.8. The first-order valence-electron chi connectivity index (χ1n) is 4.92. The van der Waals surface area contributed by atoms with Crippen LogP contribution in [-0.4, -0.2) is 22.0 Å². The first-order chi connectivity index (χ1) is 7.08. The van der Waals surface area contributed by atoms with Crippen LogP contribution >= 0.6 is 0 Å². The maximum absolute atomic E-state index is 10.8. The van der Waals surface area contributed by atoms with Crippen molar-refractivity contribution in [1.82, 2.24) is 4.90 Å². The summed E-state index contributed by atoms with van der Waals surface area (Å²) in [5.41, 5.74) is 8.73. The van der Waals surface area contributed by atoms with Gasteiger partial charge in [-0.2, -0.15) is 0 Å². The van der Waals surface area contributed by atoms with Crippen LogP contribution in [0.2, 0.25) is 0 Å². The number of hydrogen-bond donors (Lipinski definition) is 2. The SMILES string of the molecule is CC(C(=O)O)N1Cc2ccc(N)cc2C1. The zero-order valence-electron chi connectivity index (χ0n) is 8.60. The second-order valence-corrected chi connectivity index (χ2v) is 3.95. The van der Waals surface area contributed by atoms with Crippen LogP contribution in [0.25, 0.3) is 0 Å². The zero-order chi connectivity index (χ0) is 11.0.